The minimum atomic E-state index is -0.847. The van der Waals surface area contributed by atoms with E-state index < -0.39 is 5.97 Å². The van der Waals surface area contributed by atoms with Crippen LogP contribution >= 0.6 is 23.2 Å². The number of para-hydroxylation sites is 1. The molecular formula is C14H18Cl2N2O3. The first kappa shape index (κ1) is 17.8. The first-order valence-electron chi connectivity index (χ1n) is 6.62. The molecule has 1 aromatic rings. The molecule has 0 fully saturated rings. The van der Waals surface area contributed by atoms with Gasteiger partial charge in [-0.25, -0.2) is 0 Å². The van der Waals surface area contributed by atoms with Crippen molar-refractivity contribution in [1.29, 1.82) is 0 Å². The van der Waals surface area contributed by atoms with Gasteiger partial charge in [0.15, 0.2) is 0 Å². The third kappa shape index (κ3) is 6.33. The highest BCUT2D eigenvalue weighted by atomic mass is 35.5. The van der Waals surface area contributed by atoms with Gasteiger partial charge in [0.05, 0.1) is 22.2 Å². The van der Waals surface area contributed by atoms with E-state index in [4.69, 9.17) is 28.3 Å². The Morgan fingerprint density at radius 1 is 1.19 bits per heavy atom. The number of nitrogens with zero attached hydrogens (tertiary/aromatic N) is 1. The number of rotatable bonds is 8. The van der Waals surface area contributed by atoms with Crippen molar-refractivity contribution in [3.8, 4) is 0 Å². The molecule has 0 bridgehead atoms. The van der Waals surface area contributed by atoms with Crippen molar-refractivity contribution in [1.82, 2.24) is 4.90 Å². The van der Waals surface area contributed by atoms with Crippen LogP contribution < -0.4 is 5.32 Å². The Balaban J connectivity index is 2.48. The number of nitrogens with one attached hydrogen (secondary N) is 1. The van der Waals surface area contributed by atoms with E-state index in [9.17, 15) is 9.59 Å². The second-order valence-electron chi connectivity index (χ2n) is 4.47. The van der Waals surface area contributed by atoms with Gasteiger partial charge in [0, 0.05) is 19.5 Å². The molecule has 0 atom stereocenters. The third-order valence-electron chi connectivity index (χ3n) is 2.97. The lowest BCUT2D eigenvalue weighted by Gasteiger charge is -2.19. The average Bonchev–Trinajstić information content (AvgIpc) is 2.43. The topological polar surface area (TPSA) is 69.6 Å². The van der Waals surface area contributed by atoms with Crippen LogP contribution in [0.5, 0.6) is 0 Å². The summed E-state index contributed by atoms with van der Waals surface area (Å²) in [6.45, 7) is 3.52. The minimum absolute atomic E-state index is 0.0613. The van der Waals surface area contributed by atoms with Gasteiger partial charge < -0.3 is 15.3 Å². The van der Waals surface area contributed by atoms with Gasteiger partial charge in [0.1, 0.15) is 0 Å². The number of anilines is 1. The number of aliphatic carboxylic acids is 1. The molecule has 0 radical (unpaired) electrons. The number of carbonyl (C=O) groups excluding carboxylic acids is 1. The molecule has 0 unspecified atom stereocenters. The van der Waals surface area contributed by atoms with E-state index in [1.54, 1.807) is 18.2 Å². The summed E-state index contributed by atoms with van der Waals surface area (Å²) in [7, 11) is 0. The van der Waals surface area contributed by atoms with Crippen LogP contribution in [0, 0.1) is 0 Å². The van der Waals surface area contributed by atoms with Crippen LogP contribution in [0.15, 0.2) is 18.2 Å². The van der Waals surface area contributed by atoms with Crippen molar-refractivity contribution < 1.29 is 14.7 Å². The van der Waals surface area contributed by atoms with E-state index in [2.05, 4.69) is 5.32 Å². The Hall–Kier alpha value is -1.30. The highest BCUT2D eigenvalue weighted by molar-refractivity contribution is 6.39. The first-order chi connectivity index (χ1) is 9.93. The van der Waals surface area contributed by atoms with E-state index in [0.717, 1.165) is 0 Å². The van der Waals surface area contributed by atoms with E-state index in [-0.39, 0.29) is 18.7 Å². The molecule has 7 heteroatoms. The van der Waals surface area contributed by atoms with Crippen molar-refractivity contribution in [2.45, 2.75) is 19.8 Å². The smallest absolute Gasteiger partial charge is 0.304 e. The fourth-order valence-corrected chi connectivity index (χ4v) is 2.25. The Kier molecular flexibility index (Phi) is 7.50. The largest absolute Gasteiger partial charge is 0.481 e. The number of benzene rings is 1. The fourth-order valence-electron chi connectivity index (χ4n) is 1.76. The number of amides is 1. The lowest BCUT2D eigenvalue weighted by molar-refractivity contribution is -0.137. The molecular weight excluding hydrogens is 315 g/mol. The van der Waals surface area contributed by atoms with Gasteiger partial charge in [0.25, 0.3) is 0 Å². The number of halogens is 2. The molecule has 21 heavy (non-hydrogen) atoms. The molecule has 0 aromatic heterocycles. The Morgan fingerprint density at radius 3 is 2.29 bits per heavy atom. The number of hydrogen-bond acceptors (Lipinski definition) is 3. The lowest BCUT2D eigenvalue weighted by atomic mass is 10.3. The number of carboxylic acids is 1. The number of carbonyl (C=O) groups is 2. The maximum absolute atomic E-state index is 11.9. The highest BCUT2D eigenvalue weighted by Crippen LogP contribution is 2.29. The predicted octanol–water partition coefficient (Wildman–Crippen LogP) is 3.12. The molecule has 0 saturated carbocycles. The van der Waals surface area contributed by atoms with Crippen molar-refractivity contribution in [3.63, 3.8) is 0 Å². The number of hydrogen-bond donors (Lipinski definition) is 2. The fraction of sp³-hybridized carbons (Fsp3) is 0.429. The molecule has 0 saturated heterocycles. The zero-order chi connectivity index (χ0) is 15.8. The quantitative estimate of drug-likeness (QED) is 0.767. The monoisotopic (exact) mass is 332 g/mol. The molecule has 1 rings (SSSR count). The maximum atomic E-state index is 11.9. The molecule has 1 aromatic carbocycles. The molecule has 0 heterocycles. The average molecular weight is 333 g/mol. The van der Waals surface area contributed by atoms with Gasteiger partial charge in [-0.05, 0) is 18.7 Å². The molecule has 5 nitrogen and oxygen atoms in total. The van der Waals surface area contributed by atoms with Crippen molar-refractivity contribution in [3.05, 3.63) is 28.2 Å². The maximum Gasteiger partial charge on any atom is 0.304 e. The zero-order valence-corrected chi connectivity index (χ0v) is 13.2. The van der Waals surface area contributed by atoms with Gasteiger partial charge in [-0.2, -0.15) is 0 Å². The van der Waals surface area contributed by atoms with Gasteiger partial charge in [-0.3, -0.25) is 9.59 Å². The Labute approximate surface area is 133 Å². The molecule has 1 amide bonds. The molecule has 2 N–H and O–H groups in total. The zero-order valence-electron chi connectivity index (χ0n) is 11.7. The molecule has 0 spiro atoms. The van der Waals surface area contributed by atoms with E-state index in [1.807, 2.05) is 11.8 Å². The van der Waals surface area contributed by atoms with E-state index in [1.165, 1.54) is 0 Å². The molecule has 116 valence electrons. The minimum Gasteiger partial charge on any atom is -0.481 e. The van der Waals surface area contributed by atoms with Crippen molar-refractivity contribution in [2.75, 3.05) is 25.0 Å². The van der Waals surface area contributed by atoms with Gasteiger partial charge in [0.2, 0.25) is 5.91 Å². The second-order valence-corrected chi connectivity index (χ2v) is 5.29. The van der Waals surface area contributed by atoms with Gasteiger partial charge >= 0.3 is 5.97 Å². The summed E-state index contributed by atoms with van der Waals surface area (Å²) >= 11 is 11.9. The molecule has 0 aliphatic heterocycles. The van der Waals surface area contributed by atoms with Gasteiger partial charge in [-0.15, -0.1) is 0 Å². The Morgan fingerprint density at radius 2 is 1.76 bits per heavy atom. The van der Waals surface area contributed by atoms with Gasteiger partial charge in [-0.1, -0.05) is 36.2 Å². The van der Waals surface area contributed by atoms with Crippen LogP contribution in [-0.4, -0.2) is 41.5 Å². The summed E-state index contributed by atoms with van der Waals surface area (Å²) in [5, 5.41) is 12.1. The SMILES string of the molecule is CCN(CCC(=O)O)CCC(=O)Nc1c(Cl)cccc1Cl. The summed E-state index contributed by atoms with van der Waals surface area (Å²) in [5.41, 5.74) is 0.402. The van der Waals surface area contributed by atoms with E-state index in [0.29, 0.717) is 35.4 Å². The summed E-state index contributed by atoms with van der Waals surface area (Å²) in [6.07, 6.45) is 0.306. The summed E-state index contributed by atoms with van der Waals surface area (Å²) < 4.78 is 0. The van der Waals surface area contributed by atoms with E-state index >= 15 is 0 Å². The second kappa shape index (κ2) is 8.87. The van der Waals surface area contributed by atoms with Crippen LogP contribution in [0.3, 0.4) is 0 Å². The summed E-state index contributed by atoms with van der Waals surface area (Å²) in [4.78, 5) is 24.3. The standard InChI is InChI=1S/C14H18Cl2N2O3/c1-2-18(9-7-13(20)21)8-6-12(19)17-14-10(15)4-3-5-11(14)16/h3-5H,2,6-9H2,1H3,(H,17,19)(H,20,21). The van der Waals surface area contributed by atoms with Crippen LogP contribution in [0.4, 0.5) is 5.69 Å². The van der Waals surface area contributed by atoms with Crippen LogP contribution in [0.25, 0.3) is 0 Å². The molecule has 0 aliphatic carbocycles. The van der Waals surface area contributed by atoms with Crippen LogP contribution in [0.1, 0.15) is 19.8 Å². The number of carboxylic acid groups (broad SMARTS) is 1. The Bertz CT molecular complexity index is 489. The van der Waals surface area contributed by atoms with Crippen molar-refractivity contribution in [2.24, 2.45) is 0 Å². The van der Waals surface area contributed by atoms with Crippen LogP contribution in [-0.2, 0) is 9.59 Å². The predicted molar refractivity (Wildman–Crippen MR) is 84.1 cm³/mol. The lowest BCUT2D eigenvalue weighted by Crippen LogP contribution is -2.30. The van der Waals surface area contributed by atoms with Crippen molar-refractivity contribution >= 4 is 40.8 Å². The third-order valence-corrected chi connectivity index (χ3v) is 3.60. The molecule has 0 aliphatic rings. The first-order valence-corrected chi connectivity index (χ1v) is 7.37. The van der Waals surface area contributed by atoms with Crippen LogP contribution in [0.2, 0.25) is 10.0 Å². The summed E-state index contributed by atoms with van der Waals surface area (Å²) in [5.74, 6) is -1.06. The normalized spacial score (nSPS) is 10.7. The summed E-state index contributed by atoms with van der Waals surface area (Å²) in [6, 6.07) is 4.99. The highest BCUT2D eigenvalue weighted by Gasteiger charge is 2.12.